The quantitative estimate of drug-likeness (QED) is 0.600. The molecule has 134 valence electrons. The molecule has 15 heteroatoms. The summed E-state index contributed by atoms with van der Waals surface area (Å²) in [5, 5.41) is 0. The maximum atomic E-state index is 12.6. The highest BCUT2D eigenvalue weighted by Crippen LogP contribution is 2.60. The number of hydrogen-bond donors (Lipinski definition) is 0. The molecule has 0 aliphatic carbocycles. The van der Waals surface area contributed by atoms with Crippen molar-refractivity contribution in [2.75, 3.05) is 0 Å². The van der Waals surface area contributed by atoms with E-state index in [-0.39, 0.29) is 0 Å². The molecule has 0 nitrogen and oxygen atoms in total. The van der Waals surface area contributed by atoms with E-state index in [4.69, 9.17) is 0 Å². The van der Waals surface area contributed by atoms with Crippen LogP contribution in [0, 0.1) is 5.92 Å². The molecule has 0 spiro atoms. The van der Waals surface area contributed by atoms with Gasteiger partial charge in [0.05, 0.1) is 0 Å². The summed E-state index contributed by atoms with van der Waals surface area (Å²) in [5.74, 6) is -29.9. The van der Waals surface area contributed by atoms with Crippen LogP contribution in [0.5, 0.6) is 0 Å². The van der Waals surface area contributed by atoms with Crippen molar-refractivity contribution >= 4 is 0 Å². The van der Waals surface area contributed by atoms with Crippen LogP contribution in [0.4, 0.5) is 65.9 Å². The Morgan fingerprint density at radius 3 is 0.545 bits per heavy atom. The summed E-state index contributed by atoms with van der Waals surface area (Å²) in [5.41, 5.74) is 0. The van der Waals surface area contributed by atoms with E-state index in [0.29, 0.717) is 0 Å². The molecule has 0 saturated heterocycles. The summed E-state index contributed by atoms with van der Waals surface area (Å²) in [7, 11) is 0. The van der Waals surface area contributed by atoms with Crippen molar-refractivity contribution in [2.45, 2.75) is 36.3 Å². The van der Waals surface area contributed by atoms with Crippen LogP contribution in [0.15, 0.2) is 0 Å². The smallest absolute Gasteiger partial charge is 0.196 e. The lowest BCUT2D eigenvalue weighted by Gasteiger charge is -2.39. The molecule has 0 radical (unpaired) electrons. The molecule has 0 heterocycles. The van der Waals surface area contributed by atoms with Crippen molar-refractivity contribution in [3.8, 4) is 0 Å². The molecule has 0 atom stereocenters. The van der Waals surface area contributed by atoms with Crippen LogP contribution in [0.25, 0.3) is 0 Å². The highest BCUT2D eigenvalue weighted by molar-refractivity contribution is 5.05. The van der Waals surface area contributed by atoms with Crippen molar-refractivity contribution in [3.63, 3.8) is 0 Å². The average molecular weight is 370 g/mol. The van der Waals surface area contributed by atoms with Crippen molar-refractivity contribution in [3.05, 3.63) is 0 Å². The van der Waals surface area contributed by atoms with E-state index in [1.807, 2.05) is 0 Å². The second kappa shape index (κ2) is 4.97. The Bertz CT molecular complexity index is 330. The predicted octanol–water partition coefficient (Wildman–Crippen LogP) is 5.20. The lowest BCUT2D eigenvalue weighted by atomic mass is 9.86. The van der Waals surface area contributed by atoms with Crippen LogP contribution >= 0.6 is 0 Å². The third kappa shape index (κ3) is 3.16. The first-order valence-corrected chi connectivity index (χ1v) is 4.45. The van der Waals surface area contributed by atoms with Gasteiger partial charge in [-0.3, -0.25) is 0 Å². The molecular weight excluding hydrogens is 369 g/mol. The van der Waals surface area contributed by atoms with Gasteiger partial charge in [-0.2, -0.15) is 65.9 Å². The predicted molar refractivity (Wildman–Crippen MR) is 36.5 cm³/mol. The van der Waals surface area contributed by atoms with E-state index in [0.717, 1.165) is 0 Å². The van der Waals surface area contributed by atoms with Gasteiger partial charge in [0, 0.05) is 0 Å². The molecule has 0 rings (SSSR count). The first kappa shape index (κ1) is 20.9. The summed E-state index contributed by atoms with van der Waals surface area (Å²) in [6, 6.07) is 0. The second-order valence-corrected chi connectivity index (χ2v) is 3.80. The third-order valence-corrected chi connectivity index (χ3v) is 2.22. The molecular formula is C7HF15. The minimum atomic E-state index is -7.70. The SMILES string of the molecule is FC(F)(F)C(F)(F)C(C(F)(F)C(F)(F)F)C(F)(F)C(F)(F)F. The molecule has 22 heavy (non-hydrogen) atoms. The van der Waals surface area contributed by atoms with Crippen LogP contribution in [-0.2, 0) is 0 Å². The number of rotatable bonds is 3. The van der Waals surface area contributed by atoms with E-state index in [9.17, 15) is 65.9 Å². The van der Waals surface area contributed by atoms with Gasteiger partial charge in [0.1, 0.15) is 0 Å². The fourth-order valence-electron chi connectivity index (χ4n) is 1.17. The molecule has 0 aromatic carbocycles. The molecule has 0 bridgehead atoms. The van der Waals surface area contributed by atoms with Gasteiger partial charge in [-0.25, -0.2) is 0 Å². The zero-order valence-electron chi connectivity index (χ0n) is 9.25. The second-order valence-electron chi connectivity index (χ2n) is 3.80. The first-order valence-electron chi connectivity index (χ1n) is 4.45. The van der Waals surface area contributed by atoms with E-state index >= 15 is 0 Å². The highest BCUT2D eigenvalue weighted by atomic mass is 19.4. The van der Waals surface area contributed by atoms with Gasteiger partial charge in [0.2, 0.25) is 0 Å². The number of halogens is 15. The summed E-state index contributed by atoms with van der Waals surface area (Å²) < 4.78 is 181. The molecule has 0 aromatic heterocycles. The van der Waals surface area contributed by atoms with E-state index in [2.05, 4.69) is 0 Å². The summed E-state index contributed by atoms with van der Waals surface area (Å²) in [6.45, 7) is 0. The Balaban J connectivity index is 6.53. The Kier molecular flexibility index (Phi) is 4.74. The van der Waals surface area contributed by atoms with Crippen molar-refractivity contribution in [2.24, 2.45) is 5.92 Å². The Morgan fingerprint density at radius 2 is 0.455 bits per heavy atom. The van der Waals surface area contributed by atoms with Crippen LogP contribution in [0.2, 0.25) is 0 Å². The molecule has 0 N–H and O–H groups in total. The maximum Gasteiger partial charge on any atom is 0.454 e. The van der Waals surface area contributed by atoms with Gasteiger partial charge >= 0.3 is 36.3 Å². The molecule has 0 aromatic rings. The van der Waals surface area contributed by atoms with Crippen LogP contribution in [0.3, 0.4) is 0 Å². The molecule has 0 saturated carbocycles. The largest absolute Gasteiger partial charge is 0.454 e. The van der Waals surface area contributed by atoms with E-state index < -0.39 is 42.2 Å². The van der Waals surface area contributed by atoms with Gasteiger partial charge in [-0.05, 0) is 0 Å². The fraction of sp³-hybridized carbons (Fsp3) is 1.00. The zero-order chi connectivity index (χ0) is 18.6. The molecule has 0 fully saturated rings. The Morgan fingerprint density at radius 1 is 0.318 bits per heavy atom. The lowest BCUT2D eigenvalue weighted by molar-refractivity contribution is -0.432. The minimum absolute atomic E-state index is 6.77. The van der Waals surface area contributed by atoms with Gasteiger partial charge in [-0.15, -0.1) is 0 Å². The normalized spacial score (nSPS) is 16.4. The van der Waals surface area contributed by atoms with Gasteiger partial charge in [-0.1, -0.05) is 0 Å². The Labute approximate surface area is 109 Å². The van der Waals surface area contributed by atoms with Crippen LogP contribution < -0.4 is 0 Å². The number of alkyl halides is 15. The van der Waals surface area contributed by atoms with E-state index in [1.54, 1.807) is 0 Å². The summed E-state index contributed by atoms with van der Waals surface area (Å²) >= 11 is 0. The van der Waals surface area contributed by atoms with Crippen LogP contribution in [0.1, 0.15) is 0 Å². The van der Waals surface area contributed by atoms with Gasteiger partial charge in [0.25, 0.3) is 0 Å². The fourth-order valence-corrected chi connectivity index (χ4v) is 1.17. The van der Waals surface area contributed by atoms with Gasteiger partial charge in [0.15, 0.2) is 5.92 Å². The van der Waals surface area contributed by atoms with Crippen molar-refractivity contribution in [1.29, 1.82) is 0 Å². The topological polar surface area (TPSA) is 0 Å². The van der Waals surface area contributed by atoms with Gasteiger partial charge < -0.3 is 0 Å². The highest BCUT2D eigenvalue weighted by Gasteiger charge is 2.86. The number of hydrogen-bond acceptors (Lipinski definition) is 0. The standard InChI is InChI=1S/C7HF15/c8-2(9,5(14,15)16)1(3(10,11)6(17,18)19)4(12,13)7(20,21)22/h1H. The third-order valence-electron chi connectivity index (χ3n) is 2.22. The molecule has 0 amide bonds. The minimum Gasteiger partial charge on any atom is -0.196 e. The monoisotopic (exact) mass is 370 g/mol. The first-order chi connectivity index (χ1) is 9.12. The zero-order valence-corrected chi connectivity index (χ0v) is 9.25. The summed E-state index contributed by atoms with van der Waals surface area (Å²) in [6.07, 6.45) is -22.6. The summed E-state index contributed by atoms with van der Waals surface area (Å²) in [4.78, 5) is 0. The van der Waals surface area contributed by atoms with Crippen molar-refractivity contribution < 1.29 is 65.9 Å². The Hall–Kier alpha value is -1.05. The van der Waals surface area contributed by atoms with Crippen LogP contribution in [-0.4, -0.2) is 36.3 Å². The lowest BCUT2D eigenvalue weighted by Crippen LogP contribution is -2.66. The molecule has 0 aliphatic heterocycles. The molecule has 0 unspecified atom stereocenters. The maximum absolute atomic E-state index is 12.6. The molecule has 0 aliphatic rings. The van der Waals surface area contributed by atoms with Crippen molar-refractivity contribution in [1.82, 2.24) is 0 Å². The average Bonchev–Trinajstić information content (AvgIpc) is 2.09. The van der Waals surface area contributed by atoms with E-state index in [1.165, 1.54) is 0 Å².